The van der Waals surface area contributed by atoms with E-state index in [1.807, 2.05) is 0 Å². The summed E-state index contributed by atoms with van der Waals surface area (Å²) in [5.74, 6) is -0.415. The highest BCUT2D eigenvalue weighted by Crippen LogP contribution is 2.28. The highest BCUT2D eigenvalue weighted by Gasteiger charge is 2.29. The van der Waals surface area contributed by atoms with Gasteiger partial charge in [0.15, 0.2) is 0 Å². The van der Waals surface area contributed by atoms with Crippen molar-refractivity contribution in [2.75, 3.05) is 13.7 Å². The van der Waals surface area contributed by atoms with Crippen LogP contribution in [0.2, 0.25) is 0 Å². The summed E-state index contributed by atoms with van der Waals surface area (Å²) in [6, 6.07) is 3.77. The molecule has 106 valence electrons. The van der Waals surface area contributed by atoms with Crippen molar-refractivity contribution < 1.29 is 22.7 Å². The second-order valence-electron chi connectivity index (χ2n) is 3.97. The lowest BCUT2D eigenvalue weighted by atomic mass is 10.1. The van der Waals surface area contributed by atoms with Crippen molar-refractivity contribution in [2.24, 2.45) is 5.73 Å². The fraction of sp³-hybridized carbons (Fsp3) is 0.417. The molecule has 1 amide bonds. The summed E-state index contributed by atoms with van der Waals surface area (Å²) < 4.78 is 41.7. The van der Waals surface area contributed by atoms with Crippen molar-refractivity contribution in [3.8, 4) is 0 Å². The average molecular weight is 276 g/mol. The number of hydrogen-bond donors (Lipinski definition) is 2. The van der Waals surface area contributed by atoms with Crippen LogP contribution in [0.3, 0.4) is 0 Å². The standard InChI is InChI=1S/C12H15F3N2O2/c1-19-7-10(16)11(18)17-6-8-2-4-9(5-3-8)12(13,14)15/h2-5,10H,6-7,16H2,1H3,(H,17,18)/t10-/m1/s1. The van der Waals surface area contributed by atoms with E-state index in [4.69, 9.17) is 10.5 Å². The molecule has 0 aliphatic rings. The third-order valence-electron chi connectivity index (χ3n) is 2.43. The normalized spacial score (nSPS) is 13.1. The summed E-state index contributed by atoms with van der Waals surface area (Å²) in [5, 5.41) is 2.52. The number of carbonyl (C=O) groups excluding carboxylic acids is 1. The van der Waals surface area contributed by atoms with Crippen molar-refractivity contribution in [3.05, 3.63) is 35.4 Å². The number of halogens is 3. The number of benzene rings is 1. The third-order valence-corrected chi connectivity index (χ3v) is 2.43. The third kappa shape index (κ3) is 4.88. The van der Waals surface area contributed by atoms with E-state index in [-0.39, 0.29) is 13.2 Å². The van der Waals surface area contributed by atoms with Gasteiger partial charge in [0.05, 0.1) is 12.2 Å². The number of methoxy groups -OCH3 is 1. The summed E-state index contributed by atoms with van der Waals surface area (Å²) in [6.45, 7) is 0.202. The molecule has 0 bridgehead atoms. The SMILES string of the molecule is COC[C@@H](N)C(=O)NCc1ccc(C(F)(F)F)cc1. The van der Waals surface area contributed by atoms with Gasteiger partial charge in [0, 0.05) is 13.7 Å². The number of rotatable bonds is 5. The molecular weight excluding hydrogens is 261 g/mol. The Bertz CT molecular complexity index is 418. The predicted molar refractivity (Wildman–Crippen MR) is 63.1 cm³/mol. The zero-order valence-corrected chi connectivity index (χ0v) is 10.3. The van der Waals surface area contributed by atoms with Crippen LogP contribution in [0.25, 0.3) is 0 Å². The molecule has 1 aromatic rings. The first-order valence-electron chi connectivity index (χ1n) is 5.53. The fourth-order valence-electron chi connectivity index (χ4n) is 1.39. The van der Waals surface area contributed by atoms with Gasteiger partial charge in [0.2, 0.25) is 5.91 Å². The van der Waals surface area contributed by atoms with Gasteiger partial charge in [0.1, 0.15) is 6.04 Å². The van der Waals surface area contributed by atoms with Crippen LogP contribution in [0.1, 0.15) is 11.1 Å². The van der Waals surface area contributed by atoms with E-state index in [0.717, 1.165) is 12.1 Å². The minimum atomic E-state index is -4.36. The van der Waals surface area contributed by atoms with Gasteiger partial charge in [-0.3, -0.25) is 4.79 Å². The van der Waals surface area contributed by atoms with Crippen molar-refractivity contribution in [3.63, 3.8) is 0 Å². The van der Waals surface area contributed by atoms with Gasteiger partial charge >= 0.3 is 6.18 Å². The van der Waals surface area contributed by atoms with Gasteiger partial charge in [-0.25, -0.2) is 0 Å². The lowest BCUT2D eigenvalue weighted by Crippen LogP contribution is -2.43. The number of nitrogens with two attached hydrogens (primary N) is 1. The molecule has 0 heterocycles. The second-order valence-corrected chi connectivity index (χ2v) is 3.97. The molecule has 0 aliphatic carbocycles. The Balaban J connectivity index is 2.53. The summed E-state index contributed by atoms with van der Waals surface area (Å²) >= 11 is 0. The van der Waals surface area contributed by atoms with E-state index >= 15 is 0 Å². The van der Waals surface area contributed by atoms with E-state index in [9.17, 15) is 18.0 Å². The molecule has 0 aromatic heterocycles. The van der Waals surface area contributed by atoms with Gasteiger partial charge in [-0.2, -0.15) is 13.2 Å². The van der Waals surface area contributed by atoms with Gasteiger partial charge in [0.25, 0.3) is 0 Å². The number of nitrogens with one attached hydrogen (secondary N) is 1. The maximum atomic E-state index is 12.3. The lowest BCUT2D eigenvalue weighted by molar-refractivity contribution is -0.137. The molecule has 3 N–H and O–H groups in total. The average Bonchev–Trinajstić information content (AvgIpc) is 2.35. The van der Waals surface area contributed by atoms with Crippen LogP contribution in [-0.2, 0) is 22.3 Å². The number of carbonyl (C=O) groups is 1. The molecule has 0 unspecified atom stereocenters. The molecule has 0 saturated heterocycles. The molecule has 4 nitrogen and oxygen atoms in total. The molecule has 7 heteroatoms. The van der Waals surface area contributed by atoms with Crippen molar-refractivity contribution in [1.82, 2.24) is 5.32 Å². The van der Waals surface area contributed by atoms with Crippen LogP contribution in [0.5, 0.6) is 0 Å². The molecule has 0 saturated carbocycles. The van der Waals surface area contributed by atoms with Gasteiger partial charge in [-0.1, -0.05) is 12.1 Å². The van der Waals surface area contributed by atoms with E-state index in [0.29, 0.717) is 5.56 Å². The zero-order valence-electron chi connectivity index (χ0n) is 10.3. The minimum Gasteiger partial charge on any atom is -0.383 e. The van der Waals surface area contributed by atoms with E-state index in [1.165, 1.54) is 19.2 Å². The first kappa shape index (κ1) is 15.5. The monoisotopic (exact) mass is 276 g/mol. The quantitative estimate of drug-likeness (QED) is 0.852. The Morgan fingerprint density at radius 2 is 1.95 bits per heavy atom. The summed E-state index contributed by atoms with van der Waals surface area (Å²) in [7, 11) is 1.42. The largest absolute Gasteiger partial charge is 0.416 e. The topological polar surface area (TPSA) is 64.3 Å². The summed E-state index contributed by atoms with van der Waals surface area (Å²) in [5.41, 5.74) is 5.32. The molecule has 1 rings (SSSR count). The van der Waals surface area contributed by atoms with Gasteiger partial charge in [-0.15, -0.1) is 0 Å². The van der Waals surface area contributed by atoms with Crippen LogP contribution >= 0.6 is 0 Å². The summed E-state index contributed by atoms with van der Waals surface area (Å²) in [6.07, 6.45) is -4.36. The highest BCUT2D eigenvalue weighted by molar-refractivity contribution is 5.81. The van der Waals surface area contributed by atoms with E-state index in [1.54, 1.807) is 0 Å². The van der Waals surface area contributed by atoms with Crippen LogP contribution in [0.15, 0.2) is 24.3 Å². The van der Waals surface area contributed by atoms with Crippen LogP contribution in [-0.4, -0.2) is 25.7 Å². The Labute approximate surface area is 108 Å². The molecule has 0 spiro atoms. The number of ether oxygens (including phenoxy) is 1. The Hall–Kier alpha value is -1.60. The van der Waals surface area contributed by atoms with E-state index < -0.39 is 23.7 Å². The molecule has 19 heavy (non-hydrogen) atoms. The molecule has 0 fully saturated rings. The predicted octanol–water partition coefficient (Wildman–Crippen LogP) is 1.30. The molecule has 0 radical (unpaired) electrons. The van der Waals surface area contributed by atoms with Crippen LogP contribution in [0.4, 0.5) is 13.2 Å². The molecule has 0 aliphatic heterocycles. The molecular formula is C12H15F3N2O2. The summed E-state index contributed by atoms with van der Waals surface area (Å²) in [4.78, 5) is 11.4. The van der Waals surface area contributed by atoms with E-state index in [2.05, 4.69) is 5.32 Å². The smallest absolute Gasteiger partial charge is 0.383 e. The van der Waals surface area contributed by atoms with Crippen LogP contribution < -0.4 is 11.1 Å². The zero-order chi connectivity index (χ0) is 14.5. The van der Waals surface area contributed by atoms with Crippen LogP contribution in [0, 0.1) is 0 Å². The molecule has 1 aromatic carbocycles. The maximum absolute atomic E-state index is 12.3. The lowest BCUT2D eigenvalue weighted by Gasteiger charge is -2.12. The Morgan fingerprint density at radius 1 is 1.37 bits per heavy atom. The van der Waals surface area contributed by atoms with Crippen molar-refractivity contribution in [2.45, 2.75) is 18.8 Å². The fourth-order valence-corrected chi connectivity index (χ4v) is 1.39. The Morgan fingerprint density at radius 3 is 2.42 bits per heavy atom. The number of hydrogen-bond acceptors (Lipinski definition) is 3. The number of alkyl halides is 3. The highest BCUT2D eigenvalue weighted by atomic mass is 19.4. The maximum Gasteiger partial charge on any atom is 0.416 e. The Kier molecular flexibility index (Phi) is 5.31. The van der Waals surface area contributed by atoms with Gasteiger partial charge < -0.3 is 15.8 Å². The first-order valence-corrected chi connectivity index (χ1v) is 5.53. The minimum absolute atomic E-state index is 0.0822. The second kappa shape index (κ2) is 6.53. The first-order chi connectivity index (χ1) is 8.84. The van der Waals surface area contributed by atoms with Crippen molar-refractivity contribution in [1.29, 1.82) is 0 Å². The molecule has 1 atom stereocenters. The number of amides is 1. The van der Waals surface area contributed by atoms with Gasteiger partial charge in [-0.05, 0) is 17.7 Å². The van der Waals surface area contributed by atoms with Crippen molar-refractivity contribution >= 4 is 5.91 Å².